The maximum atomic E-state index is 13.4. The first kappa shape index (κ1) is 14.0. The van der Waals surface area contributed by atoms with E-state index >= 15 is 0 Å². The summed E-state index contributed by atoms with van der Waals surface area (Å²) in [5, 5.41) is 9.96. The van der Waals surface area contributed by atoms with Gasteiger partial charge in [0.15, 0.2) is 0 Å². The molecule has 0 saturated carbocycles. The van der Waals surface area contributed by atoms with Crippen LogP contribution < -0.4 is 5.73 Å². The first-order chi connectivity index (χ1) is 9.97. The molecule has 0 spiro atoms. The van der Waals surface area contributed by atoms with Gasteiger partial charge in [0, 0.05) is 11.4 Å². The Hall–Kier alpha value is -1.92. The first-order valence-corrected chi connectivity index (χ1v) is 7.18. The van der Waals surface area contributed by atoms with Crippen molar-refractivity contribution in [2.45, 2.75) is 13.0 Å². The topological polar surface area (TPSA) is 64.1 Å². The molecule has 6 heteroatoms. The molecule has 0 aliphatic rings. The van der Waals surface area contributed by atoms with Crippen molar-refractivity contribution >= 4 is 32.7 Å². The molecule has 0 fully saturated rings. The fourth-order valence-electron chi connectivity index (χ4n) is 2.29. The number of nitrogens with two attached hydrogens (primary N) is 1. The van der Waals surface area contributed by atoms with E-state index < -0.39 is 6.10 Å². The number of anilines is 1. The molecule has 1 unspecified atom stereocenters. The summed E-state index contributed by atoms with van der Waals surface area (Å²) in [4.78, 5) is 4.43. The van der Waals surface area contributed by atoms with Gasteiger partial charge in [0.25, 0.3) is 0 Å². The van der Waals surface area contributed by atoms with Gasteiger partial charge in [-0.3, -0.25) is 4.57 Å². The molecule has 3 N–H and O–H groups in total. The van der Waals surface area contributed by atoms with Crippen molar-refractivity contribution in [1.82, 2.24) is 9.55 Å². The average molecular weight is 350 g/mol. The number of aliphatic hydroxyl groups is 1. The molecule has 0 bridgehead atoms. The second-order valence-electron chi connectivity index (χ2n) is 4.83. The summed E-state index contributed by atoms with van der Waals surface area (Å²) in [6, 6.07) is 10.0. The zero-order valence-corrected chi connectivity index (χ0v) is 12.8. The third-order valence-corrected chi connectivity index (χ3v) is 3.85. The third kappa shape index (κ3) is 2.41. The van der Waals surface area contributed by atoms with Crippen LogP contribution in [0.2, 0.25) is 0 Å². The van der Waals surface area contributed by atoms with Crippen molar-refractivity contribution < 1.29 is 9.50 Å². The number of halogens is 2. The summed E-state index contributed by atoms with van der Waals surface area (Å²) in [6.07, 6.45) is -0.762. The van der Waals surface area contributed by atoms with Crippen LogP contribution in [-0.4, -0.2) is 14.7 Å². The largest absolute Gasteiger partial charge is 0.399 e. The quantitative estimate of drug-likeness (QED) is 0.695. The van der Waals surface area contributed by atoms with Crippen molar-refractivity contribution in [2.75, 3.05) is 5.73 Å². The van der Waals surface area contributed by atoms with Crippen LogP contribution >= 0.6 is 15.9 Å². The standard InChI is InChI=1S/C15H13BrFN3O/c1-8(21)15-19-13-6-9(18)2-5-14(13)20(15)10-3-4-12(17)11(16)7-10/h2-8,21H,18H2,1H3. The lowest BCUT2D eigenvalue weighted by Crippen LogP contribution is -2.05. The molecule has 21 heavy (non-hydrogen) atoms. The molecule has 1 aromatic heterocycles. The molecule has 3 rings (SSSR count). The minimum atomic E-state index is -0.762. The number of nitrogen functional groups attached to an aromatic ring is 1. The predicted octanol–water partition coefficient (Wildman–Crippen LogP) is 3.56. The molecule has 1 heterocycles. The summed E-state index contributed by atoms with van der Waals surface area (Å²) in [7, 11) is 0. The van der Waals surface area contributed by atoms with E-state index in [0.717, 1.165) is 5.52 Å². The molecule has 0 saturated heterocycles. The predicted molar refractivity (Wildman–Crippen MR) is 83.8 cm³/mol. The van der Waals surface area contributed by atoms with E-state index in [4.69, 9.17) is 5.73 Å². The number of hydrogen-bond donors (Lipinski definition) is 2. The molecule has 3 aromatic rings. The minimum absolute atomic E-state index is 0.342. The highest BCUT2D eigenvalue weighted by Gasteiger charge is 2.17. The Bertz CT molecular complexity index is 829. The van der Waals surface area contributed by atoms with Gasteiger partial charge in [-0.2, -0.15) is 0 Å². The van der Waals surface area contributed by atoms with Crippen LogP contribution in [0.4, 0.5) is 10.1 Å². The molecular formula is C15H13BrFN3O. The van der Waals surface area contributed by atoms with Gasteiger partial charge in [-0.1, -0.05) is 0 Å². The number of nitrogens with zero attached hydrogens (tertiary/aromatic N) is 2. The number of aliphatic hydroxyl groups excluding tert-OH is 1. The molecular weight excluding hydrogens is 337 g/mol. The van der Waals surface area contributed by atoms with Crippen molar-refractivity contribution in [2.24, 2.45) is 0 Å². The Morgan fingerprint density at radius 2 is 2.05 bits per heavy atom. The summed E-state index contributed by atoms with van der Waals surface area (Å²) >= 11 is 3.18. The molecule has 4 nitrogen and oxygen atoms in total. The maximum absolute atomic E-state index is 13.4. The van der Waals surface area contributed by atoms with Crippen LogP contribution in [0.1, 0.15) is 18.9 Å². The summed E-state index contributed by atoms with van der Waals surface area (Å²) in [5.74, 6) is 0.139. The Kier molecular flexibility index (Phi) is 3.43. The van der Waals surface area contributed by atoms with E-state index in [-0.39, 0.29) is 5.82 Å². The van der Waals surface area contributed by atoms with E-state index in [9.17, 15) is 9.50 Å². The van der Waals surface area contributed by atoms with Crippen LogP contribution in [0.3, 0.4) is 0 Å². The monoisotopic (exact) mass is 349 g/mol. The normalized spacial score (nSPS) is 12.8. The van der Waals surface area contributed by atoms with Gasteiger partial charge >= 0.3 is 0 Å². The van der Waals surface area contributed by atoms with Gasteiger partial charge in [-0.05, 0) is 59.3 Å². The number of fused-ring (bicyclic) bond motifs is 1. The van der Waals surface area contributed by atoms with Crippen LogP contribution in [-0.2, 0) is 0 Å². The van der Waals surface area contributed by atoms with E-state index in [1.54, 1.807) is 35.8 Å². The van der Waals surface area contributed by atoms with Crippen LogP contribution in [0, 0.1) is 5.82 Å². The van der Waals surface area contributed by atoms with Crippen LogP contribution in [0.5, 0.6) is 0 Å². The van der Waals surface area contributed by atoms with Crippen molar-refractivity contribution in [1.29, 1.82) is 0 Å². The molecule has 0 radical (unpaired) electrons. The first-order valence-electron chi connectivity index (χ1n) is 6.38. The van der Waals surface area contributed by atoms with E-state index in [0.29, 0.717) is 27.2 Å². The number of aromatic nitrogens is 2. The SMILES string of the molecule is CC(O)c1nc2cc(N)ccc2n1-c1ccc(F)c(Br)c1. The molecule has 1 atom stereocenters. The molecule has 0 aliphatic heterocycles. The van der Waals surface area contributed by atoms with Crippen molar-refractivity contribution in [3.8, 4) is 5.69 Å². The highest BCUT2D eigenvalue weighted by atomic mass is 79.9. The van der Waals surface area contributed by atoms with Crippen molar-refractivity contribution in [3.63, 3.8) is 0 Å². The lowest BCUT2D eigenvalue weighted by Gasteiger charge is -2.11. The van der Waals surface area contributed by atoms with Gasteiger partial charge in [-0.15, -0.1) is 0 Å². The number of hydrogen-bond acceptors (Lipinski definition) is 3. The Labute approximate surface area is 129 Å². The smallest absolute Gasteiger partial charge is 0.143 e. The zero-order valence-electron chi connectivity index (χ0n) is 11.2. The third-order valence-electron chi connectivity index (χ3n) is 3.24. The minimum Gasteiger partial charge on any atom is -0.399 e. The second kappa shape index (κ2) is 5.13. The maximum Gasteiger partial charge on any atom is 0.143 e. The summed E-state index contributed by atoms with van der Waals surface area (Å²) in [5.41, 5.74) is 8.58. The Morgan fingerprint density at radius 3 is 2.71 bits per heavy atom. The van der Waals surface area contributed by atoms with E-state index in [2.05, 4.69) is 20.9 Å². The summed E-state index contributed by atoms with van der Waals surface area (Å²) in [6.45, 7) is 1.64. The molecule has 0 aliphatic carbocycles. The molecule has 0 amide bonds. The van der Waals surface area contributed by atoms with E-state index in [1.165, 1.54) is 6.07 Å². The Balaban J connectivity index is 2.33. The lowest BCUT2D eigenvalue weighted by atomic mass is 10.2. The van der Waals surface area contributed by atoms with E-state index in [1.807, 2.05) is 6.07 Å². The van der Waals surface area contributed by atoms with Crippen LogP contribution in [0.15, 0.2) is 40.9 Å². The highest BCUT2D eigenvalue weighted by Crippen LogP contribution is 2.28. The Morgan fingerprint density at radius 1 is 1.29 bits per heavy atom. The molecule has 108 valence electrons. The average Bonchev–Trinajstić information content (AvgIpc) is 2.80. The van der Waals surface area contributed by atoms with Gasteiger partial charge < -0.3 is 10.8 Å². The number of benzene rings is 2. The zero-order chi connectivity index (χ0) is 15.1. The highest BCUT2D eigenvalue weighted by molar-refractivity contribution is 9.10. The van der Waals surface area contributed by atoms with Gasteiger partial charge in [-0.25, -0.2) is 9.37 Å². The fourth-order valence-corrected chi connectivity index (χ4v) is 2.66. The molecule has 2 aromatic carbocycles. The fraction of sp³-hybridized carbons (Fsp3) is 0.133. The summed E-state index contributed by atoms with van der Waals surface area (Å²) < 4.78 is 15.6. The number of imidazole rings is 1. The number of rotatable bonds is 2. The van der Waals surface area contributed by atoms with Gasteiger partial charge in [0.2, 0.25) is 0 Å². The van der Waals surface area contributed by atoms with Crippen molar-refractivity contribution in [3.05, 3.63) is 52.5 Å². The van der Waals surface area contributed by atoms with Crippen LogP contribution in [0.25, 0.3) is 16.7 Å². The second-order valence-corrected chi connectivity index (χ2v) is 5.68. The van der Waals surface area contributed by atoms with Gasteiger partial charge in [0.05, 0.1) is 15.5 Å². The lowest BCUT2D eigenvalue weighted by molar-refractivity contribution is 0.187. The van der Waals surface area contributed by atoms with Gasteiger partial charge in [0.1, 0.15) is 17.7 Å².